The largest absolute Gasteiger partial charge is 0.455 e. The third-order valence-corrected chi connectivity index (χ3v) is 24.9. The van der Waals surface area contributed by atoms with Crippen molar-refractivity contribution >= 4 is 163 Å². The van der Waals surface area contributed by atoms with Crippen LogP contribution in [0.3, 0.4) is 0 Å². The third kappa shape index (κ3) is 12.2. The Morgan fingerprint density at radius 2 is 0.400 bits per heavy atom. The van der Waals surface area contributed by atoms with Gasteiger partial charge in [-0.15, -0.1) is 22.7 Å². The van der Waals surface area contributed by atoms with Crippen LogP contribution in [0.4, 0.5) is 34.1 Å². The molecule has 0 spiro atoms. The maximum atomic E-state index is 6.41. The van der Waals surface area contributed by atoms with Crippen LogP contribution in [-0.4, -0.2) is 0 Å². The average molecular weight is 1510 g/mol. The van der Waals surface area contributed by atoms with Crippen molar-refractivity contribution in [2.75, 3.05) is 9.80 Å². The minimum atomic E-state index is 0.896. The molecule has 0 aliphatic rings. The highest BCUT2D eigenvalue weighted by Gasteiger charge is 2.22. The van der Waals surface area contributed by atoms with Gasteiger partial charge in [-0.2, -0.15) is 0 Å². The molecule has 5 heterocycles. The fraction of sp³-hybridized carbons (Fsp3) is 0. The van der Waals surface area contributed by atoms with Crippen molar-refractivity contribution in [3.05, 3.63) is 413 Å². The summed E-state index contributed by atoms with van der Waals surface area (Å²) in [6.07, 6.45) is 0. The van der Waals surface area contributed by atoms with Crippen LogP contribution in [0.25, 0.3) is 184 Å². The van der Waals surface area contributed by atoms with Crippen LogP contribution in [-0.2, 0) is 0 Å². The Morgan fingerprint density at radius 3 is 0.748 bits per heavy atom. The molecule has 115 heavy (non-hydrogen) atoms. The fourth-order valence-electron chi connectivity index (χ4n) is 16.9. The normalized spacial score (nSPS) is 11.7. The number of thiophene rings is 2. The number of para-hydroxylation sites is 6. The summed E-state index contributed by atoms with van der Waals surface area (Å²) in [7, 11) is 0. The molecule has 0 amide bonds. The standard InChI is InChI=1S/C54H33NO3.C54H35NS2/c1-4-19-49-43(10-1)46-16-7-13-40(52(46)56-49)34-22-28-37(29-23-34)55(38-30-24-35(25-31-38)41-14-8-17-47-44-11-2-5-20-50(44)57-53(41)47)39-32-26-36(27-33-39)42-15-9-18-48-45-12-3-6-21-51(45)58-54(42)48;1-2-9-36(10-3-1)40-11-8-12-41(33-40)37-17-25-44(26-18-37)55(45-27-19-38(20-28-45)42-23-31-53-49(34-42)47-13-4-6-15-51(47)56-53)46-29-21-39(22-30-46)43-24-32-54-50(35-43)48-14-5-7-16-52(48)57-54/h1-33H;1-35H. The van der Waals surface area contributed by atoms with Crippen LogP contribution in [0.1, 0.15) is 0 Å². The highest BCUT2D eigenvalue weighted by Crippen LogP contribution is 2.46. The van der Waals surface area contributed by atoms with Crippen LogP contribution in [0.5, 0.6) is 0 Å². The lowest BCUT2D eigenvalue weighted by molar-refractivity contribution is 0.669. The minimum absolute atomic E-state index is 0.896. The second-order valence-corrected chi connectivity index (χ2v) is 31.5. The van der Waals surface area contributed by atoms with Gasteiger partial charge in [0.1, 0.15) is 33.5 Å². The lowest BCUT2D eigenvalue weighted by Gasteiger charge is -2.26. The predicted molar refractivity (Wildman–Crippen MR) is 488 cm³/mol. The van der Waals surface area contributed by atoms with Gasteiger partial charge in [-0.3, -0.25) is 0 Å². The highest BCUT2D eigenvalue weighted by atomic mass is 32.1. The van der Waals surface area contributed by atoms with Gasteiger partial charge in [-0.25, -0.2) is 0 Å². The molecule has 5 aromatic heterocycles. The van der Waals surface area contributed by atoms with E-state index in [1.54, 1.807) is 0 Å². The van der Waals surface area contributed by atoms with Crippen LogP contribution in [0, 0.1) is 0 Å². The van der Waals surface area contributed by atoms with Crippen molar-refractivity contribution in [3.8, 4) is 77.9 Å². The maximum Gasteiger partial charge on any atom is 0.143 e. The molecule has 5 nitrogen and oxygen atoms in total. The smallest absolute Gasteiger partial charge is 0.143 e. The highest BCUT2D eigenvalue weighted by molar-refractivity contribution is 7.26. The van der Waals surface area contributed by atoms with E-state index >= 15 is 0 Å². The van der Waals surface area contributed by atoms with E-state index in [1.807, 2.05) is 59.1 Å². The third-order valence-electron chi connectivity index (χ3n) is 22.6. The molecule has 0 atom stereocenters. The van der Waals surface area contributed by atoms with Crippen LogP contribution < -0.4 is 9.80 Å². The monoisotopic (exact) mass is 1500 g/mol. The number of nitrogens with zero attached hydrogens (tertiary/aromatic N) is 2. The molecule has 23 aromatic rings. The van der Waals surface area contributed by atoms with Crippen molar-refractivity contribution in [2.45, 2.75) is 0 Å². The Labute approximate surface area is 671 Å². The van der Waals surface area contributed by atoms with Crippen molar-refractivity contribution in [1.82, 2.24) is 0 Å². The molecular formula is C108H68N2O3S2. The Morgan fingerprint density at radius 1 is 0.157 bits per heavy atom. The zero-order chi connectivity index (χ0) is 75.9. The maximum absolute atomic E-state index is 6.41. The van der Waals surface area contributed by atoms with Gasteiger partial charge in [0.2, 0.25) is 0 Å². The first kappa shape index (κ1) is 67.3. The number of hydrogen-bond donors (Lipinski definition) is 0. The van der Waals surface area contributed by atoms with Crippen LogP contribution in [0.15, 0.2) is 426 Å². The van der Waals surface area contributed by atoms with Gasteiger partial charge in [0, 0.05) is 123 Å². The van der Waals surface area contributed by atoms with E-state index in [1.165, 1.54) is 84.9 Å². The Balaban J connectivity index is 0.000000140. The quantitative estimate of drug-likeness (QED) is 0.115. The molecule has 23 rings (SSSR count). The molecule has 0 fully saturated rings. The summed E-state index contributed by atoms with van der Waals surface area (Å²) < 4.78 is 24.6. The van der Waals surface area contributed by atoms with Gasteiger partial charge in [0.15, 0.2) is 0 Å². The van der Waals surface area contributed by atoms with E-state index in [0.717, 1.165) is 133 Å². The van der Waals surface area contributed by atoms with Gasteiger partial charge >= 0.3 is 0 Å². The fourth-order valence-corrected chi connectivity index (χ4v) is 19.1. The molecule has 0 saturated carbocycles. The summed E-state index contributed by atoms with van der Waals surface area (Å²) in [4.78, 5) is 4.67. The number of fused-ring (bicyclic) bond motifs is 15. The summed E-state index contributed by atoms with van der Waals surface area (Å²) in [6.45, 7) is 0. The predicted octanol–water partition coefficient (Wildman–Crippen LogP) is 32.4. The molecular weight excluding hydrogens is 1440 g/mol. The zero-order valence-electron chi connectivity index (χ0n) is 62.2. The number of benzene rings is 18. The van der Waals surface area contributed by atoms with Gasteiger partial charge in [0.05, 0.1) is 0 Å². The Bertz CT molecular complexity index is 7090. The van der Waals surface area contributed by atoms with Gasteiger partial charge < -0.3 is 23.1 Å². The molecule has 0 aliphatic heterocycles. The second-order valence-electron chi connectivity index (χ2n) is 29.4. The van der Waals surface area contributed by atoms with E-state index in [9.17, 15) is 0 Å². The number of hydrogen-bond acceptors (Lipinski definition) is 7. The zero-order valence-corrected chi connectivity index (χ0v) is 63.8. The number of anilines is 6. The molecule has 0 N–H and O–H groups in total. The molecule has 0 bridgehead atoms. The van der Waals surface area contributed by atoms with E-state index in [4.69, 9.17) is 13.3 Å². The summed E-state index contributed by atoms with van der Waals surface area (Å²) in [6, 6.07) is 148. The summed E-state index contributed by atoms with van der Waals surface area (Å²) >= 11 is 3.72. The van der Waals surface area contributed by atoms with E-state index in [-0.39, 0.29) is 0 Å². The SMILES string of the molecule is c1ccc(-c2cccc(-c3ccc(N(c4ccc(-c5ccc6sc7ccccc7c6c5)cc4)c4ccc(-c5ccc6sc7ccccc7c6c5)cc4)cc3)c2)cc1.c1ccc2c(c1)oc1c(-c3ccc(N(c4ccc(-c5cccc6c5oc5ccccc56)cc4)c4ccc(-c5cccc6c5oc5ccccc56)cc4)cc3)cccc12. The van der Waals surface area contributed by atoms with Gasteiger partial charge in [-0.05, 0) is 195 Å². The first-order valence-corrected chi connectivity index (χ1v) is 40.5. The first-order chi connectivity index (χ1) is 57.0. The molecule has 7 heteroatoms. The molecule has 18 aromatic carbocycles. The van der Waals surface area contributed by atoms with E-state index < -0.39 is 0 Å². The average Bonchev–Trinajstić information content (AvgIpc) is 1.54. The van der Waals surface area contributed by atoms with Gasteiger partial charge in [-0.1, -0.05) is 279 Å². The van der Waals surface area contributed by atoms with E-state index in [2.05, 4.69) is 386 Å². The van der Waals surface area contributed by atoms with Gasteiger partial charge in [0.25, 0.3) is 0 Å². The summed E-state index contributed by atoms with van der Waals surface area (Å²) in [5, 5.41) is 12.0. The van der Waals surface area contributed by atoms with Crippen molar-refractivity contribution in [2.24, 2.45) is 0 Å². The number of furan rings is 3. The molecule has 0 unspecified atom stereocenters. The lowest BCUT2D eigenvalue weighted by atomic mass is 9.98. The molecule has 0 aliphatic carbocycles. The van der Waals surface area contributed by atoms with Crippen molar-refractivity contribution in [3.63, 3.8) is 0 Å². The summed E-state index contributed by atoms with van der Waals surface area (Å²) in [5.41, 5.74) is 28.0. The van der Waals surface area contributed by atoms with Crippen molar-refractivity contribution < 1.29 is 13.3 Å². The topological polar surface area (TPSA) is 45.9 Å². The van der Waals surface area contributed by atoms with Crippen molar-refractivity contribution in [1.29, 1.82) is 0 Å². The Kier molecular flexibility index (Phi) is 16.6. The van der Waals surface area contributed by atoms with Crippen LogP contribution in [0.2, 0.25) is 0 Å². The summed E-state index contributed by atoms with van der Waals surface area (Å²) in [5.74, 6) is 0. The van der Waals surface area contributed by atoms with E-state index in [0.29, 0.717) is 0 Å². The first-order valence-electron chi connectivity index (χ1n) is 38.9. The number of rotatable bonds is 13. The lowest BCUT2D eigenvalue weighted by Crippen LogP contribution is -2.09. The minimum Gasteiger partial charge on any atom is -0.455 e. The molecule has 540 valence electrons. The Hall–Kier alpha value is -14.6. The molecule has 0 radical (unpaired) electrons. The second kappa shape index (κ2) is 28.3. The van der Waals surface area contributed by atoms with Crippen LogP contribution >= 0.6 is 22.7 Å². The molecule has 0 saturated heterocycles.